The van der Waals surface area contributed by atoms with Crippen molar-refractivity contribution in [1.82, 2.24) is 0 Å². The molecule has 1 aromatic rings. The fraction of sp³-hybridized carbons (Fsp3) is 0.308. The Labute approximate surface area is 101 Å². The molecule has 0 fully saturated rings. The number of Topliss-reactive ketones (excluding diaryl/α,β-unsaturated/α-hetero) is 1. The number of rotatable bonds is 6. The van der Waals surface area contributed by atoms with Crippen LogP contribution in [0.5, 0.6) is 11.5 Å². The van der Waals surface area contributed by atoms with Gasteiger partial charge in [0.2, 0.25) is 0 Å². The first-order valence-electron chi connectivity index (χ1n) is 5.26. The van der Waals surface area contributed by atoms with Crippen LogP contribution in [-0.2, 0) is 0 Å². The van der Waals surface area contributed by atoms with Crippen molar-refractivity contribution in [1.29, 1.82) is 0 Å². The Hall–Kier alpha value is -1.81. The minimum absolute atomic E-state index is 0.180. The van der Waals surface area contributed by atoms with Crippen LogP contribution in [0.3, 0.4) is 0 Å². The normalized spacial score (nSPS) is 11.7. The van der Waals surface area contributed by atoms with E-state index in [4.69, 9.17) is 15.2 Å². The second kappa shape index (κ2) is 6.06. The van der Waals surface area contributed by atoms with Gasteiger partial charge in [-0.05, 0) is 24.6 Å². The van der Waals surface area contributed by atoms with Gasteiger partial charge in [0.15, 0.2) is 5.78 Å². The Kier molecular flexibility index (Phi) is 4.72. The highest BCUT2D eigenvalue weighted by atomic mass is 16.5. The van der Waals surface area contributed by atoms with Gasteiger partial charge in [0.05, 0.1) is 25.8 Å². The van der Waals surface area contributed by atoms with Crippen LogP contribution in [0.15, 0.2) is 30.9 Å². The van der Waals surface area contributed by atoms with Crippen LogP contribution in [0.25, 0.3) is 0 Å². The van der Waals surface area contributed by atoms with Gasteiger partial charge in [0, 0.05) is 0 Å². The molecule has 0 aliphatic rings. The standard InChI is InChI=1S/C13H17NO3/c1-4-5-11(14)13(15)10-8-9(16-2)6-7-12(10)17-3/h4,6-8,11H,1,5,14H2,2-3H3. The molecule has 0 aliphatic heterocycles. The van der Waals surface area contributed by atoms with Gasteiger partial charge < -0.3 is 15.2 Å². The summed E-state index contributed by atoms with van der Waals surface area (Å²) in [5.74, 6) is 0.913. The Bertz CT molecular complexity index is 415. The molecule has 0 amide bonds. The molecule has 1 unspecified atom stereocenters. The molecule has 1 aromatic carbocycles. The summed E-state index contributed by atoms with van der Waals surface area (Å²) >= 11 is 0. The molecular weight excluding hydrogens is 218 g/mol. The van der Waals surface area contributed by atoms with Crippen LogP contribution < -0.4 is 15.2 Å². The number of ether oxygens (including phenoxy) is 2. The topological polar surface area (TPSA) is 61.6 Å². The van der Waals surface area contributed by atoms with Gasteiger partial charge in [0.25, 0.3) is 0 Å². The van der Waals surface area contributed by atoms with Crippen molar-refractivity contribution < 1.29 is 14.3 Å². The first-order valence-corrected chi connectivity index (χ1v) is 5.26. The molecule has 1 atom stereocenters. The summed E-state index contributed by atoms with van der Waals surface area (Å²) in [5.41, 5.74) is 6.19. The van der Waals surface area contributed by atoms with Gasteiger partial charge in [-0.25, -0.2) is 0 Å². The third kappa shape index (κ3) is 3.07. The Balaban J connectivity index is 3.09. The molecule has 0 saturated carbocycles. The molecular formula is C13H17NO3. The van der Waals surface area contributed by atoms with Crippen molar-refractivity contribution in [2.45, 2.75) is 12.5 Å². The highest BCUT2D eigenvalue weighted by Gasteiger charge is 2.19. The van der Waals surface area contributed by atoms with Crippen molar-refractivity contribution in [3.05, 3.63) is 36.4 Å². The second-order valence-electron chi connectivity index (χ2n) is 3.56. The number of methoxy groups -OCH3 is 2. The first-order chi connectivity index (χ1) is 8.13. The highest BCUT2D eigenvalue weighted by molar-refractivity contribution is 6.02. The quantitative estimate of drug-likeness (QED) is 0.603. The Morgan fingerprint density at radius 2 is 2.18 bits per heavy atom. The number of benzene rings is 1. The lowest BCUT2D eigenvalue weighted by Gasteiger charge is -2.12. The number of nitrogens with two attached hydrogens (primary N) is 1. The van der Waals surface area contributed by atoms with E-state index in [0.29, 0.717) is 23.5 Å². The fourth-order valence-electron chi connectivity index (χ4n) is 1.49. The monoisotopic (exact) mass is 235 g/mol. The van der Waals surface area contributed by atoms with Crippen LogP contribution in [0.1, 0.15) is 16.8 Å². The van der Waals surface area contributed by atoms with E-state index in [2.05, 4.69) is 6.58 Å². The molecule has 4 nitrogen and oxygen atoms in total. The van der Waals surface area contributed by atoms with E-state index in [1.807, 2.05) is 0 Å². The Morgan fingerprint density at radius 3 is 2.71 bits per heavy atom. The summed E-state index contributed by atoms with van der Waals surface area (Å²) in [4.78, 5) is 12.1. The van der Waals surface area contributed by atoms with Crippen LogP contribution >= 0.6 is 0 Å². The molecule has 0 aliphatic carbocycles. The number of hydrogen-bond acceptors (Lipinski definition) is 4. The lowest BCUT2D eigenvalue weighted by molar-refractivity contribution is 0.0958. The third-order valence-corrected chi connectivity index (χ3v) is 2.43. The molecule has 0 spiro atoms. The lowest BCUT2D eigenvalue weighted by Crippen LogP contribution is -2.30. The van der Waals surface area contributed by atoms with E-state index < -0.39 is 6.04 Å². The largest absolute Gasteiger partial charge is 0.497 e. The van der Waals surface area contributed by atoms with Crippen LogP contribution in [-0.4, -0.2) is 26.0 Å². The molecule has 2 N–H and O–H groups in total. The maximum absolute atomic E-state index is 12.1. The van der Waals surface area contributed by atoms with Gasteiger partial charge in [-0.15, -0.1) is 6.58 Å². The summed E-state index contributed by atoms with van der Waals surface area (Å²) in [6.45, 7) is 3.56. The average molecular weight is 235 g/mol. The summed E-state index contributed by atoms with van der Waals surface area (Å²) in [6, 6.07) is 4.44. The van der Waals surface area contributed by atoms with E-state index in [1.54, 1.807) is 31.4 Å². The first kappa shape index (κ1) is 13.3. The van der Waals surface area contributed by atoms with Gasteiger partial charge in [-0.3, -0.25) is 4.79 Å². The number of carbonyl (C=O) groups excluding carboxylic acids is 1. The molecule has 0 saturated heterocycles. The zero-order valence-corrected chi connectivity index (χ0v) is 10.1. The predicted molar refractivity (Wildman–Crippen MR) is 66.7 cm³/mol. The van der Waals surface area contributed by atoms with Gasteiger partial charge in [-0.2, -0.15) is 0 Å². The lowest BCUT2D eigenvalue weighted by atomic mass is 10.0. The van der Waals surface area contributed by atoms with Crippen molar-refractivity contribution in [2.75, 3.05) is 14.2 Å². The van der Waals surface area contributed by atoms with Crippen LogP contribution in [0.2, 0.25) is 0 Å². The third-order valence-electron chi connectivity index (χ3n) is 2.43. The number of carbonyl (C=O) groups is 1. The molecule has 0 heterocycles. The van der Waals surface area contributed by atoms with E-state index >= 15 is 0 Å². The maximum atomic E-state index is 12.1. The Morgan fingerprint density at radius 1 is 1.47 bits per heavy atom. The van der Waals surface area contributed by atoms with Crippen molar-refractivity contribution >= 4 is 5.78 Å². The van der Waals surface area contributed by atoms with Gasteiger partial charge >= 0.3 is 0 Å². The molecule has 0 bridgehead atoms. The summed E-state index contributed by atoms with van der Waals surface area (Å²) in [5, 5.41) is 0. The minimum Gasteiger partial charge on any atom is -0.497 e. The second-order valence-corrected chi connectivity index (χ2v) is 3.56. The number of hydrogen-bond donors (Lipinski definition) is 1. The van der Waals surface area contributed by atoms with Gasteiger partial charge in [-0.1, -0.05) is 6.08 Å². The molecule has 0 radical (unpaired) electrons. The van der Waals surface area contributed by atoms with Crippen molar-refractivity contribution in [3.8, 4) is 11.5 Å². The zero-order valence-electron chi connectivity index (χ0n) is 10.1. The molecule has 17 heavy (non-hydrogen) atoms. The van der Waals surface area contributed by atoms with E-state index in [1.165, 1.54) is 7.11 Å². The molecule has 92 valence electrons. The van der Waals surface area contributed by atoms with Gasteiger partial charge in [0.1, 0.15) is 11.5 Å². The predicted octanol–water partition coefficient (Wildman–Crippen LogP) is 1.79. The van der Waals surface area contributed by atoms with Crippen LogP contribution in [0.4, 0.5) is 0 Å². The van der Waals surface area contributed by atoms with Crippen molar-refractivity contribution in [3.63, 3.8) is 0 Å². The number of ketones is 1. The molecule has 4 heteroatoms. The minimum atomic E-state index is -0.603. The highest BCUT2D eigenvalue weighted by Crippen LogP contribution is 2.25. The molecule has 0 aromatic heterocycles. The maximum Gasteiger partial charge on any atom is 0.183 e. The van der Waals surface area contributed by atoms with Crippen LogP contribution in [0, 0.1) is 0 Å². The SMILES string of the molecule is C=CCC(N)C(=O)c1cc(OC)ccc1OC. The average Bonchev–Trinajstić information content (AvgIpc) is 2.37. The van der Waals surface area contributed by atoms with E-state index in [0.717, 1.165) is 0 Å². The smallest absolute Gasteiger partial charge is 0.183 e. The van der Waals surface area contributed by atoms with E-state index in [-0.39, 0.29) is 5.78 Å². The summed E-state index contributed by atoms with van der Waals surface area (Å²) in [6.07, 6.45) is 2.05. The summed E-state index contributed by atoms with van der Waals surface area (Å²) in [7, 11) is 3.05. The zero-order chi connectivity index (χ0) is 12.8. The molecule has 1 rings (SSSR count). The van der Waals surface area contributed by atoms with Crippen molar-refractivity contribution in [2.24, 2.45) is 5.73 Å². The van der Waals surface area contributed by atoms with E-state index in [9.17, 15) is 4.79 Å². The summed E-state index contributed by atoms with van der Waals surface area (Å²) < 4.78 is 10.2. The fourth-order valence-corrected chi connectivity index (χ4v) is 1.49.